The van der Waals surface area contributed by atoms with Gasteiger partial charge < -0.3 is 15.2 Å². The van der Waals surface area contributed by atoms with Crippen molar-refractivity contribution >= 4 is 0 Å². The quantitative estimate of drug-likeness (QED) is 0.652. The number of nitrogens with zero attached hydrogens (tertiary/aromatic N) is 1. The smallest absolute Gasteiger partial charge is 0.138 e. The van der Waals surface area contributed by atoms with E-state index in [1.807, 2.05) is 36.4 Å². The van der Waals surface area contributed by atoms with Gasteiger partial charge in [-0.2, -0.15) is 0 Å². The Balaban J connectivity index is 1.71. The molecule has 2 rings (SSSR count). The fraction of sp³-hybridized carbons (Fsp3) is 0.235. The molecule has 0 fully saturated rings. The molecule has 2 aromatic rings. The Morgan fingerprint density at radius 2 is 1.76 bits per heavy atom. The van der Waals surface area contributed by atoms with E-state index in [-0.39, 0.29) is 0 Å². The summed E-state index contributed by atoms with van der Waals surface area (Å²) >= 11 is 0. The predicted octanol–water partition coefficient (Wildman–Crippen LogP) is 2.24. The van der Waals surface area contributed by atoms with Crippen LogP contribution in [0.1, 0.15) is 12.0 Å². The first-order valence-electron chi connectivity index (χ1n) is 6.83. The first-order valence-corrected chi connectivity index (χ1v) is 6.83. The zero-order valence-electron chi connectivity index (χ0n) is 11.8. The molecule has 0 radical (unpaired) electrons. The molecule has 0 aliphatic rings. The summed E-state index contributed by atoms with van der Waals surface area (Å²) in [5.74, 6) is 7.29. The minimum atomic E-state index is 0.335. The molecule has 0 spiro atoms. The van der Waals surface area contributed by atoms with Crippen molar-refractivity contribution in [1.29, 1.82) is 0 Å². The predicted molar refractivity (Wildman–Crippen MR) is 82.2 cm³/mol. The summed E-state index contributed by atoms with van der Waals surface area (Å²) in [5.41, 5.74) is 6.14. The van der Waals surface area contributed by atoms with Crippen LogP contribution in [0, 0.1) is 11.8 Å². The summed E-state index contributed by atoms with van der Waals surface area (Å²) in [4.78, 5) is 4.08. The second-order valence-corrected chi connectivity index (χ2v) is 4.28. The van der Waals surface area contributed by atoms with Gasteiger partial charge in [0.25, 0.3) is 0 Å². The van der Waals surface area contributed by atoms with Crippen molar-refractivity contribution in [1.82, 2.24) is 4.98 Å². The third-order valence-corrected chi connectivity index (χ3v) is 2.62. The van der Waals surface area contributed by atoms with Gasteiger partial charge in [-0.05, 0) is 18.2 Å². The van der Waals surface area contributed by atoms with Crippen LogP contribution in [0.2, 0.25) is 0 Å². The van der Waals surface area contributed by atoms with E-state index in [0.29, 0.717) is 25.5 Å². The Kier molecular flexibility index (Phi) is 6.11. The summed E-state index contributed by atoms with van der Waals surface area (Å²) in [6.07, 6.45) is 4.16. The average molecular weight is 282 g/mol. The Bertz CT molecular complexity index is 603. The van der Waals surface area contributed by atoms with Crippen LogP contribution in [-0.2, 0) is 0 Å². The van der Waals surface area contributed by atoms with E-state index in [9.17, 15) is 0 Å². The molecule has 0 amide bonds. The third kappa shape index (κ3) is 5.55. The van der Waals surface area contributed by atoms with Gasteiger partial charge in [0, 0.05) is 18.2 Å². The van der Waals surface area contributed by atoms with Gasteiger partial charge in [-0.15, -0.1) is 0 Å². The van der Waals surface area contributed by atoms with Gasteiger partial charge in [0.15, 0.2) is 0 Å². The molecule has 0 saturated carbocycles. The molecular formula is C17H18N2O2. The molecule has 0 saturated heterocycles. The van der Waals surface area contributed by atoms with Crippen LogP contribution in [0.15, 0.2) is 48.8 Å². The fourth-order valence-electron chi connectivity index (χ4n) is 1.67. The molecule has 4 heteroatoms. The van der Waals surface area contributed by atoms with Crippen molar-refractivity contribution in [2.75, 3.05) is 19.8 Å². The number of hydrogen-bond donors (Lipinski definition) is 1. The lowest BCUT2D eigenvalue weighted by Crippen LogP contribution is -2.05. The largest absolute Gasteiger partial charge is 0.493 e. The van der Waals surface area contributed by atoms with Crippen LogP contribution >= 0.6 is 0 Å². The van der Waals surface area contributed by atoms with Crippen molar-refractivity contribution in [3.05, 3.63) is 54.4 Å². The third-order valence-electron chi connectivity index (χ3n) is 2.62. The zero-order chi connectivity index (χ0) is 14.8. The second-order valence-electron chi connectivity index (χ2n) is 4.28. The molecule has 4 nitrogen and oxygen atoms in total. The highest BCUT2D eigenvalue weighted by Gasteiger charge is 1.97. The summed E-state index contributed by atoms with van der Waals surface area (Å²) in [7, 11) is 0. The number of nitrogens with two attached hydrogens (primary N) is 1. The van der Waals surface area contributed by atoms with Gasteiger partial charge in [0.2, 0.25) is 0 Å². The van der Waals surface area contributed by atoms with E-state index < -0.39 is 0 Å². The number of para-hydroxylation sites is 1. The van der Waals surface area contributed by atoms with E-state index in [4.69, 9.17) is 15.2 Å². The van der Waals surface area contributed by atoms with E-state index >= 15 is 0 Å². The van der Waals surface area contributed by atoms with Gasteiger partial charge in [-0.25, -0.2) is 0 Å². The monoisotopic (exact) mass is 282 g/mol. The molecule has 2 N–H and O–H groups in total. The van der Waals surface area contributed by atoms with Crippen molar-refractivity contribution in [2.45, 2.75) is 6.42 Å². The highest BCUT2D eigenvalue weighted by Crippen LogP contribution is 2.11. The number of rotatable bonds is 6. The highest BCUT2D eigenvalue weighted by atomic mass is 16.5. The zero-order valence-corrected chi connectivity index (χ0v) is 11.8. The number of pyridine rings is 1. The van der Waals surface area contributed by atoms with Gasteiger partial charge in [-0.3, -0.25) is 4.98 Å². The van der Waals surface area contributed by atoms with Crippen LogP contribution in [0.5, 0.6) is 11.5 Å². The molecule has 0 unspecified atom stereocenters. The minimum Gasteiger partial charge on any atom is -0.493 e. The lowest BCUT2D eigenvalue weighted by Gasteiger charge is -2.07. The van der Waals surface area contributed by atoms with E-state index in [1.165, 1.54) is 0 Å². The number of hydrogen-bond acceptors (Lipinski definition) is 4. The Labute approximate surface area is 124 Å². The van der Waals surface area contributed by atoms with Crippen LogP contribution in [0.4, 0.5) is 0 Å². The van der Waals surface area contributed by atoms with Gasteiger partial charge in [0.1, 0.15) is 11.5 Å². The van der Waals surface area contributed by atoms with E-state index in [2.05, 4.69) is 16.8 Å². The maximum atomic E-state index is 5.62. The van der Waals surface area contributed by atoms with Crippen LogP contribution in [0.3, 0.4) is 0 Å². The van der Waals surface area contributed by atoms with Crippen molar-refractivity contribution in [3.8, 4) is 23.3 Å². The number of ether oxygens (including phenoxy) is 2. The number of benzene rings is 1. The van der Waals surface area contributed by atoms with Crippen molar-refractivity contribution < 1.29 is 9.47 Å². The average Bonchev–Trinajstić information content (AvgIpc) is 2.54. The van der Waals surface area contributed by atoms with Crippen molar-refractivity contribution in [3.63, 3.8) is 0 Å². The summed E-state index contributed by atoms with van der Waals surface area (Å²) < 4.78 is 11.2. The Morgan fingerprint density at radius 3 is 2.52 bits per heavy atom. The molecule has 0 aliphatic carbocycles. The topological polar surface area (TPSA) is 57.4 Å². The van der Waals surface area contributed by atoms with E-state index in [1.54, 1.807) is 12.4 Å². The van der Waals surface area contributed by atoms with Crippen LogP contribution < -0.4 is 15.2 Å². The molecule has 1 aromatic carbocycles. The lowest BCUT2D eigenvalue weighted by molar-refractivity contribution is 0.247. The number of aromatic nitrogens is 1. The fourth-order valence-corrected chi connectivity index (χ4v) is 1.67. The Morgan fingerprint density at radius 1 is 1.00 bits per heavy atom. The molecule has 1 heterocycles. The Hall–Kier alpha value is -2.51. The molecule has 108 valence electrons. The molecular weight excluding hydrogens is 264 g/mol. The van der Waals surface area contributed by atoms with Crippen LogP contribution in [0.25, 0.3) is 0 Å². The second kappa shape index (κ2) is 8.62. The minimum absolute atomic E-state index is 0.335. The van der Waals surface area contributed by atoms with Crippen molar-refractivity contribution in [2.24, 2.45) is 5.73 Å². The molecule has 0 bridgehead atoms. The summed E-state index contributed by atoms with van der Waals surface area (Å²) in [6.45, 7) is 1.52. The molecule has 0 atom stereocenters. The van der Waals surface area contributed by atoms with Gasteiger partial charge in [0.05, 0.1) is 26.0 Å². The van der Waals surface area contributed by atoms with Gasteiger partial charge >= 0.3 is 0 Å². The first-order chi connectivity index (χ1) is 10.4. The molecule has 21 heavy (non-hydrogen) atoms. The standard InChI is InChI=1S/C17H18N2O2/c18-9-4-6-15-12-17(14-19-13-15)21-11-5-10-20-16-7-2-1-3-8-16/h1-3,7-8,12-14H,5,9-11,18H2. The van der Waals surface area contributed by atoms with Crippen LogP contribution in [-0.4, -0.2) is 24.7 Å². The highest BCUT2D eigenvalue weighted by molar-refractivity contribution is 5.36. The van der Waals surface area contributed by atoms with E-state index in [0.717, 1.165) is 17.7 Å². The van der Waals surface area contributed by atoms with Gasteiger partial charge in [-0.1, -0.05) is 30.0 Å². The maximum Gasteiger partial charge on any atom is 0.138 e. The molecule has 0 aliphatic heterocycles. The molecule has 1 aromatic heterocycles. The SMILES string of the molecule is NCC#Cc1cncc(OCCCOc2ccccc2)c1. The first kappa shape index (κ1) is 14.9. The summed E-state index contributed by atoms with van der Waals surface area (Å²) in [5, 5.41) is 0. The lowest BCUT2D eigenvalue weighted by atomic mass is 10.3. The maximum absolute atomic E-state index is 5.62. The normalized spacial score (nSPS) is 9.57. The summed E-state index contributed by atoms with van der Waals surface area (Å²) in [6, 6.07) is 11.6.